The molecule has 4 nitrogen and oxygen atoms in total. The fourth-order valence-corrected chi connectivity index (χ4v) is 1.86. The highest BCUT2D eigenvalue weighted by Crippen LogP contribution is 2.21. The first kappa shape index (κ1) is 11.8. The second kappa shape index (κ2) is 5.07. The van der Waals surface area contributed by atoms with Crippen molar-refractivity contribution in [2.45, 2.75) is 19.5 Å². The Hall–Kier alpha value is -1.72. The summed E-state index contributed by atoms with van der Waals surface area (Å²) in [5.41, 5.74) is 4.60. The van der Waals surface area contributed by atoms with Gasteiger partial charge < -0.3 is 0 Å². The zero-order valence-corrected chi connectivity index (χ0v) is 9.60. The van der Waals surface area contributed by atoms with E-state index in [1.165, 1.54) is 12.1 Å². The van der Waals surface area contributed by atoms with Crippen LogP contribution in [0.25, 0.3) is 0 Å². The summed E-state index contributed by atoms with van der Waals surface area (Å²) < 4.78 is 14.7. The van der Waals surface area contributed by atoms with Crippen LogP contribution in [-0.2, 0) is 6.54 Å². The van der Waals surface area contributed by atoms with Crippen molar-refractivity contribution < 1.29 is 4.39 Å². The largest absolute Gasteiger partial charge is 0.271 e. The predicted molar refractivity (Wildman–Crippen MR) is 63.5 cm³/mol. The van der Waals surface area contributed by atoms with Gasteiger partial charge in [-0.15, -0.1) is 0 Å². The van der Waals surface area contributed by atoms with Gasteiger partial charge in [-0.25, -0.2) is 9.82 Å². The van der Waals surface area contributed by atoms with Gasteiger partial charge >= 0.3 is 0 Å². The lowest BCUT2D eigenvalue weighted by atomic mass is 10.0. The van der Waals surface area contributed by atoms with E-state index in [1.54, 1.807) is 18.3 Å². The zero-order valence-electron chi connectivity index (χ0n) is 9.60. The Morgan fingerprint density at radius 2 is 2.06 bits per heavy atom. The van der Waals surface area contributed by atoms with E-state index < -0.39 is 0 Å². The van der Waals surface area contributed by atoms with Gasteiger partial charge in [0.25, 0.3) is 0 Å². The van der Waals surface area contributed by atoms with Crippen molar-refractivity contribution in [1.82, 2.24) is 15.2 Å². The number of aryl methyl sites for hydroxylation is 1. The molecular formula is C12H15FN4. The van der Waals surface area contributed by atoms with Crippen LogP contribution in [0, 0.1) is 5.82 Å². The third-order valence-electron chi connectivity index (χ3n) is 2.71. The minimum Gasteiger partial charge on any atom is -0.271 e. The van der Waals surface area contributed by atoms with E-state index in [0.717, 1.165) is 17.8 Å². The van der Waals surface area contributed by atoms with Gasteiger partial charge in [-0.3, -0.25) is 10.5 Å². The molecule has 0 saturated carbocycles. The van der Waals surface area contributed by atoms with Gasteiger partial charge in [-0.2, -0.15) is 5.10 Å². The molecule has 1 unspecified atom stereocenters. The van der Waals surface area contributed by atoms with Crippen molar-refractivity contribution in [2.24, 2.45) is 5.84 Å². The molecule has 1 heterocycles. The number of rotatable bonds is 4. The van der Waals surface area contributed by atoms with Gasteiger partial charge in [0.05, 0.1) is 11.7 Å². The van der Waals surface area contributed by atoms with Gasteiger partial charge in [0.15, 0.2) is 0 Å². The van der Waals surface area contributed by atoms with Crippen molar-refractivity contribution in [3.63, 3.8) is 0 Å². The van der Waals surface area contributed by atoms with E-state index in [4.69, 9.17) is 5.84 Å². The van der Waals surface area contributed by atoms with Crippen molar-refractivity contribution in [3.05, 3.63) is 53.6 Å². The molecule has 1 atom stereocenters. The first-order valence-electron chi connectivity index (χ1n) is 5.49. The summed E-state index contributed by atoms with van der Waals surface area (Å²) in [6.07, 6.45) is 1.73. The summed E-state index contributed by atoms with van der Waals surface area (Å²) in [5, 5.41) is 4.19. The molecule has 2 rings (SSSR count). The highest BCUT2D eigenvalue weighted by molar-refractivity contribution is 5.27. The van der Waals surface area contributed by atoms with Crippen LogP contribution in [0.2, 0.25) is 0 Å². The number of nitrogens with one attached hydrogen (secondary N) is 1. The van der Waals surface area contributed by atoms with Crippen molar-refractivity contribution in [2.75, 3.05) is 0 Å². The monoisotopic (exact) mass is 234 g/mol. The van der Waals surface area contributed by atoms with Crippen LogP contribution in [0.4, 0.5) is 4.39 Å². The number of nitrogens with two attached hydrogens (primary N) is 1. The molecular weight excluding hydrogens is 219 g/mol. The van der Waals surface area contributed by atoms with E-state index in [2.05, 4.69) is 10.5 Å². The smallest absolute Gasteiger partial charge is 0.123 e. The molecule has 17 heavy (non-hydrogen) atoms. The summed E-state index contributed by atoms with van der Waals surface area (Å²) in [7, 11) is 0. The SMILES string of the molecule is CCn1nccc1C(NN)c1ccc(F)cc1. The minimum absolute atomic E-state index is 0.182. The Bertz CT molecular complexity index is 478. The van der Waals surface area contributed by atoms with E-state index in [-0.39, 0.29) is 11.9 Å². The highest BCUT2D eigenvalue weighted by Gasteiger charge is 2.16. The number of benzene rings is 1. The fourth-order valence-electron chi connectivity index (χ4n) is 1.86. The summed E-state index contributed by atoms with van der Waals surface area (Å²) in [4.78, 5) is 0. The van der Waals surface area contributed by atoms with Gasteiger partial charge in [0.2, 0.25) is 0 Å². The van der Waals surface area contributed by atoms with E-state index in [1.807, 2.05) is 17.7 Å². The molecule has 0 fully saturated rings. The van der Waals surface area contributed by atoms with Gasteiger partial charge in [-0.05, 0) is 30.7 Å². The van der Waals surface area contributed by atoms with Crippen LogP contribution in [0.5, 0.6) is 0 Å². The van der Waals surface area contributed by atoms with Crippen molar-refractivity contribution in [1.29, 1.82) is 0 Å². The van der Waals surface area contributed by atoms with E-state index >= 15 is 0 Å². The van der Waals surface area contributed by atoms with Crippen molar-refractivity contribution in [3.8, 4) is 0 Å². The lowest BCUT2D eigenvalue weighted by Crippen LogP contribution is -2.30. The van der Waals surface area contributed by atoms with E-state index in [0.29, 0.717) is 0 Å². The van der Waals surface area contributed by atoms with Gasteiger partial charge in [0, 0.05) is 12.7 Å². The van der Waals surface area contributed by atoms with Gasteiger partial charge in [0.1, 0.15) is 5.82 Å². The van der Waals surface area contributed by atoms with Crippen LogP contribution in [-0.4, -0.2) is 9.78 Å². The zero-order chi connectivity index (χ0) is 12.3. The Morgan fingerprint density at radius 3 is 2.65 bits per heavy atom. The maximum atomic E-state index is 12.9. The Balaban J connectivity index is 2.36. The van der Waals surface area contributed by atoms with Crippen LogP contribution in [0.1, 0.15) is 24.2 Å². The first-order valence-corrected chi connectivity index (χ1v) is 5.49. The number of hydrazine groups is 1. The third kappa shape index (κ3) is 2.35. The van der Waals surface area contributed by atoms with Gasteiger partial charge in [-0.1, -0.05) is 12.1 Å². The molecule has 1 aromatic carbocycles. The van der Waals surface area contributed by atoms with E-state index in [9.17, 15) is 4.39 Å². The molecule has 0 aliphatic rings. The summed E-state index contributed by atoms with van der Waals surface area (Å²) in [5.74, 6) is 5.32. The molecule has 90 valence electrons. The predicted octanol–water partition coefficient (Wildman–Crippen LogP) is 1.59. The number of nitrogens with zero attached hydrogens (tertiary/aromatic N) is 2. The number of hydrogen-bond donors (Lipinski definition) is 2. The van der Waals surface area contributed by atoms with Crippen molar-refractivity contribution >= 4 is 0 Å². The fraction of sp³-hybridized carbons (Fsp3) is 0.250. The lowest BCUT2D eigenvalue weighted by molar-refractivity contribution is 0.542. The molecule has 0 aliphatic heterocycles. The summed E-state index contributed by atoms with van der Waals surface area (Å²) in [6, 6.07) is 7.99. The number of hydrogen-bond acceptors (Lipinski definition) is 3. The quantitative estimate of drug-likeness (QED) is 0.624. The maximum absolute atomic E-state index is 12.9. The maximum Gasteiger partial charge on any atom is 0.123 e. The first-order chi connectivity index (χ1) is 8.26. The standard InChI is InChI=1S/C12H15FN4/c1-2-17-11(7-8-15-17)12(16-14)9-3-5-10(13)6-4-9/h3-8,12,16H,2,14H2,1H3. The molecule has 0 radical (unpaired) electrons. The molecule has 0 bridgehead atoms. The average molecular weight is 234 g/mol. The van der Waals surface area contributed by atoms with Crippen LogP contribution in [0.3, 0.4) is 0 Å². The minimum atomic E-state index is -0.256. The Labute approximate surface area is 99.2 Å². The topological polar surface area (TPSA) is 55.9 Å². The number of aromatic nitrogens is 2. The molecule has 0 amide bonds. The van der Waals surface area contributed by atoms with Crippen LogP contribution < -0.4 is 11.3 Å². The second-order valence-corrected chi connectivity index (χ2v) is 3.72. The third-order valence-corrected chi connectivity index (χ3v) is 2.71. The second-order valence-electron chi connectivity index (χ2n) is 3.72. The highest BCUT2D eigenvalue weighted by atomic mass is 19.1. The Kier molecular flexibility index (Phi) is 3.51. The lowest BCUT2D eigenvalue weighted by Gasteiger charge is -2.17. The summed E-state index contributed by atoms with van der Waals surface area (Å²) in [6.45, 7) is 2.77. The van der Waals surface area contributed by atoms with Crippen LogP contribution >= 0.6 is 0 Å². The molecule has 1 aromatic heterocycles. The molecule has 0 saturated heterocycles. The molecule has 0 aliphatic carbocycles. The molecule has 2 aromatic rings. The molecule has 3 N–H and O–H groups in total. The summed E-state index contributed by atoms with van der Waals surface area (Å²) >= 11 is 0. The average Bonchev–Trinajstić information content (AvgIpc) is 2.81. The normalized spacial score (nSPS) is 12.6. The number of halogens is 1. The Morgan fingerprint density at radius 1 is 1.35 bits per heavy atom. The molecule has 0 spiro atoms. The molecule has 5 heteroatoms. The van der Waals surface area contributed by atoms with Crippen LogP contribution in [0.15, 0.2) is 36.5 Å².